The highest BCUT2D eigenvalue weighted by Crippen LogP contribution is 2.27. The maximum absolute atomic E-state index is 12.3. The monoisotopic (exact) mass is 398 g/mol. The van der Waals surface area contributed by atoms with Gasteiger partial charge in [0.05, 0.1) is 22.0 Å². The van der Waals surface area contributed by atoms with Crippen LogP contribution in [0.3, 0.4) is 0 Å². The molecule has 0 fully saturated rings. The summed E-state index contributed by atoms with van der Waals surface area (Å²) in [5, 5.41) is 8.98. The molecule has 0 amide bonds. The van der Waals surface area contributed by atoms with Crippen molar-refractivity contribution in [2.45, 2.75) is 18.2 Å². The quantitative estimate of drug-likeness (QED) is 0.780. The highest BCUT2D eigenvalue weighted by Gasteiger charge is 2.21. The van der Waals surface area contributed by atoms with Crippen molar-refractivity contribution in [3.05, 3.63) is 27.7 Å². The average Bonchev–Trinajstić information content (AvgIpc) is 2.29. The van der Waals surface area contributed by atoms with Gasteiger partial charge in [-0.3, -0.25) is 0 Å². The highest BCUT2D eigenvalue weighted by atomic mass is 79.9. The summed E-state index contributed by atoms with van der Waals surface area (Å²) < 4.78 is 47.0. The number of aromatic carboxylic acids is 1. The molecule has 1 aromatic carbocycles. The van der Waals surface area contributed by atoms with Crippen LogP contribution in [0.4, 0.5) is 0 Å². The largest absolute Gasteiger partial charge is 0.478 e. The van der Waals surface area contributed by atoms with E-state index < -0.39 is 25.6 Å². The van der Waals surface area contributed by atoms with Crippen LogP contribution in [0.15, 0.2) is 21.5 Å². The summed E-state index contributed by atoms with van der Waals surface area (Å²) in [5.41, 5.74) is 0.258. The Balaban J connectivity index is 3.16. The Hall–Kier alpha value is -0.930. The number of hydrogen-bond acceptors (Lipinski definition) is 5. The average molecular weight is 399 g/mol. The van der Waals surface area contributed by atoms with Crippen LogP contribution in [0.5, 0.6) is 0 Å². The number of carbonyl (C=O) groups is 1. The molecule has 1 N–H and O–H groups in total. The zero-order valence-electron chi connectivity index (χ0n) is 11.5. The number of carboxylic acids is 1. The SMILES string of the molecule is Cc1c(Br)cc(C(=O)O)cc1S(=O)(=O)CCCS(C)(=O)=O. The Morgan fingerprint density at radius 1 is 1.19 bits per heavy atom. The lowest BCUT2D eigenvalue weighted by molar-refractivity contribution is 0.0696. The minimum Gasteiger partial charge on any atom is -0.478 e. The van der Waals surface area contributed by atoms with E-state index in [1.807, 2.05) is 0 Å². The Kier molecular flexibility index (Phi) is 5.57. The maximum Gasteiger partial charge on any atom is 0.335 e. The Morgan fingerprint density at radius 3 is 2.24 bits per heavy atom. The third-order valence-electron chi connectivity index (χ3n) is 2.81. The van der Waals surface area contributed by atoms with Crippen LogP contribution >= 0.6 is 15.9 Å². The van der Waals surface area contributed by atoms with Gasteiger partial charge in [0.2, 0.25) is 0 Å². The first-order valence-electron chi connectivity index (χ1n) is 5.88. The highest BCUT2D eigenvalue weighted by molar-refractivity contribution is 9.10. The third-order valence-corrected chi connectivity index (χ3v) is 6.58. The molecule has 1 aromatic rings. The van der Waals surface area contributed by atoms with Gasteiger partial charge in [0, 0.05) is 10.7 Å². The van der Waals surface area contributed by atoms with Crippen LogP contribution in [-0.4, -0.2) is 45.7 Å². The van der Waals surface area contributed by atoms with E-state index in [4.69, 9.17) is 5.11 Å². The lowest BCUT2D eigenvalue weighted by atomic mass is 10.1. The fraction of sp³-hybridized carbons (Fsp3) is 0.417. The van der Waals surface area contributed by atoms with Crippen molar-refractivity contribution in [2.24, 2.45) is 0 Å². The van der Waals surface area contributed by atoms with Crippen molar-refractivity contribution in [3.8, 4) is 0 Å². The molecule has 21 heavy (non-hydrogen) atoms. The van der Waals surface area contributed by atoms with Crippen molar-refractivity contribution in [2.75, 3.05) is 17.8 Å². The molecule has 0 bridgehead atoms. The van der Waals surface area contributed by atoms with Crippen LogP contribution < -0.4 is 0 Å². The molecule has 0 radical (unpaired) electrons. The molecular formula is C12H15BrO6S2. The van der Waals surface area contributed by atoms with Crippen LogP contribution in [0.25, 0.3) is 0 Å². The lowest BCUT2D eigenvalue weighted by Gasteiger charge is -2.10. The predicted octanol–water partition coefficient (Wildman–Crippen LogP) is 1.66. The molecule has 9 heteroatoms. The zero-order chi connectivity index (χ0) is 16.4. The minimum absolute atomic E-state index is 0.0322. The summed E-state index contributed by atoms with van der Waals surface area (Å²) >= 11 is 3.13. The van der Waals surface area contributed by atoms with E-state index in [9.17, 15) is 21.6 Å². The van der Waals surface area contributed by atoms with E-state index in [0.29, 0.717) is 10.0 Å². The Bertz CT molecular complexity index is 765. The topological polar surface area (TPSA) is 106 Å². The molecule has 0 aliphatic carbocycles. The van der Waals surface area contributed by atoms with Crippen molar-refractivity contribution in [1.82, 2.24) is 0 Å². The second-order valence-electron chi connectivity index (χ2n) is 4.69. The molecule has 0 aliphatic rings. The molecule has 0 spiro atoms. The van der Waals surface area contributed by atoms with Gasteiger partial charge < -0.3 is 5.11 Å². The van der Waals surface area contributed by atoms with Gasteiger partial charge in [0.1, 0.15) is 9.84 Å². The molecule has 0 saturated heterocycles. The number of benzene rings is 1. The standard InChI is InChI=1S/C12H15BrO6S2/c1-8-10(13)6-9(12(14)15)7-11(8)21(18,19)5-3-4-20(2,16)17/h6-7H,3-5H2,1-2H3,(H,14,15). The van der Waals surface area contributed by atoms with Crippen molar-refractivity contribution >= 4 is 41.6 Å². The molecule has 0 aromatic heterocycles. The number of carboxylic acid groups (broad SMARTS) is 1. The summed E-state index contributed by atoms with van der Waals surface area (Å²) in [5.74, 6) is -1.81. The van der Waals surface area contributed by atoms with E-state index in [2.05, 4.69) is 15.9 Å². The predicted molar refractivity (Wildman–Crippen MR) is 82.2 cm³/mol. The van der Waals surface area contributed by atoms with Gasteiger partial charge in [-0.05, 0) is 31.0 Å². The third kappa shape index (κ3) is 5.08. The van der Waals surface area contributed by atoms with Gasteiger partial charge >= 0.3 is 5.97 Å². The van der Waals surface area contributed by atoms with Gasteiger partial charge in [-0.2, -0.15) is 0 Å². The molecule has 0 aliphatic heterocycles. The van der Waals surface area contributed by atoms with Gasteiger partial charge in [-0.1, -0.05) is 15.9 Å². The van der Waals surface area contributed by atoms with Gasteiger partial charge in [-0.25, -0.2) is 21.6 Å². The molecule has 6 nitrogen and oxygen atoms in total. The van der Waals surface area contributed by atoms with Gasteiger partial charge in [-0.15, -0.1) is 0 Å². The smallest absolute Gasteiger partial charge is 0.335 e. The molecular weight excluding hydrogens is 384 g/mol. The number of halogens is 1. The lowest BCUT2D eigenvalue weighted by Crippen LogP contribution is -2.14. The van der Waals surface area contributed by atoms with E-state index in [0.717, 1.165) is 12.3 Å². The Labute approximate surface area is 132 Å². The van der Waals surface area contributed by atoms with Crippen LogP contribution in [0.2, 0.25) is 0 Å². The number of hydrogen-bond donors (Lipinski definition) is 1. The van der Waals surface area contributed by atoms with Crippen LogP contribution in [0.1, 0.15) is 22.3 Å². The summed E-state index contributed by atoms with van der Waals surface area (Å²) in [6, 6.07) is 2.42. The summed E-state index contributed by atoms with van der Waals surface area (Å²) in [6.07, 6.45) is 1.00. The fourth-order valence-corrected chi connectivity index (χ4v) is 4.79. The molecule has 0 unspecified atom stereocenters. The normalized spacial score (nSPS) is 12.3. The van der Waals surface area contributed by atoms with E-state index in [1.165, 1.54) is 6.07 Å². The second-order valence-corrected chi connectivity index (χ2v) is 9.88. The van der Waals surface area contributed by atoms with Crippen molar-refractivity contribution in [3.63, 3.8) is 0 Å². The number of sulfone groups is 2. The molecule has 0 atom stereocenters. The second kappa shape index (κ2) is 6.45. The molecule has 118 valence electrons. The van der Waals surface area contributed by atoms with Crippen LogP contribution in [-0.2, 0) is 19.7 Å². The fourth-order valence-electron chi connectivity index (χ4n) is 1.72. The summed E-state index contributed by atoms with van der Waals surface area (Å²) in [7, 11) is -6.99. The maximum atomic E-state index is 12.3. The Morgan fingerprint density at radius 2 is 1.76 bits per heavy atom. The van der Waals surface area contributed by atoms with Crippen LogP contribution in [0, 0.1) is 6.92 Å². The molecule has 1 rings (SSSR count). The molecule has 0 saturated carbocycles. The van der Waals surface area contributed by atoms with Gasteiger partial charge in [0.25, 0.3) is 0 Å². The summed E-state index contributed by atoms with van der Waals surface area (Å²) in [6.45, 7) is 1.55. The first-order valence-corrected chi connectivity index (χ1v) is 10.4. The first kappa shape index (κ1) is 18.1. The first-order chi connectivity index (χ1) is 9.44. The van der Waals surface area contributed by atoms with E-state index in [1.54, 1.807) is 6.92 Å². The van der Waals surface area contributed by atoms with Crippen molar-refractivity contribution < 1.29 is 26.7 Å². The van der Waals surface area contributed by atoms with Gasteiger partial charge in [0.15, 0.2) is 9.84 Å². The minimum atomic E-state index is -3.75. The van der Waals surface area contributed by atoms with Crippen molar-refractivity contribution in [1.29, 1.82) is 0 Å². The summed E-state index contributed by atoms with van der Waals surface area (Å²) in [4.78, 5) is 10.9. The van der Waals surface area contributed by atoms with E-state index in [-0.39, 0.29) is 28.4 Å². The zero-order valence-corrected chi connectivity index (χ0v) is 14.7. The van der Waals surface area contributed by atoms with E-state index >= 15 is 0 Å². The number of rotatable bonds is 6. The molecule has 0 heterocycles.